The van der Waals surface area contributed by atoms with Crippen LogP contribution in [0.4, 0.5) is 0 Å². The molecule has 0 unspecified atom stereocenters. The van der Waals surface area contributed by atoms with Crippen LogP contribution in [0.3, 0.4) is 0 Å². The minimum atomic E-state index is 0.317. The van der Waals surface area contributed by atoms with Crippen molar-refractivity contribution in [3.8, 4) is 0 Å². The van der Waals surface area contributed by atoms with Crippen molar-refractivity contribution in [3.05, 3.63) is 35.4 Å². The fourth-order valence-corrected chi connectivity index (χ4v) is 2.94. The van der Waals surface area contributed by atoms with Gasteiger partial charge in [0.2, 0.25) is 0 Å². The minimum Gasteiger partial charge on any atom is -0.312 e. The lowest BCUT2D eigenvalue weighted by molar-refractivity contribution is 0.232. The summed E-state index contributed by atoms with van der Waals surface area (Å²) in [4.78, 5) is 2.26. The fraction of sp³-hybridized carbons (Fsp3) is 0.647. The van der Waals surface area contributed by atoms with Gasteiger partial charge in [0.05, 0.1) is 0 Å². The van der Waals surface area contributed by atoms with E-state index < -0.39 is 0 Å². The Hall–Kier alpha value is -0.860. The summed E-state index contributed by atoms with van der Waals surface area (Å²) < 4.78 is 0. The molecule has 0 bridgehead atoms. The monoisotopic (exact) mass is 260 g/mol. The second-order valence-electron chi connectivity index (χ2n) is 6.98. The van der Waals surface area contributed by atoms with E-state index in [0.717, 1.165) is 25.6 Å². The van der Waals surface area contributed by atoms with Crippen LogP contribution in [0.25, 0.3) is 0 Å². The Morgan fingerprint density at radius 3 is 2.53 bits per heavy atom. The summed E-state index contributed by atoms with van der Waals surface area (Å²) in [6.45, 7) is 7.83. The maximum atomic E-state index is 3.64. The highest BCUT2D eigenvalue weighted by Gasteiger charge is 2.25. The topological polar surface area (TPSA) is 15.3 Å². The van der Waals surface area contributed by atoms with Crippen LogP contribution in [0.2, 0.25) is 0 Å². The second kappa shape index (κ2) is 6.06. The summed E-state index contributed by atoms with van der Waals surface area (Å²) >= 11 is 0. The first kappa shape index (κ1) is 14.5. The summed E-state index contributed by atoms with van der Waals surface area (Å²) in [5.74, 6) is 0.841. The van der Waals surface area contributed by atoms with Gasteiger partial charge < -0.3 is 10.2 Å². The Labute approximate surface area is 118 Å². The Bertz CT molecular complexity index is 405. The molecule has 1 fully saturated rings. The molecule has 1 aromatic carbocycles. The molecule has 1 aliphatic rings. The van der Waals surface area contributed by atoms with Crippen LogP contribution >= 0.6 is 0 Å². The third kappa shape index (κ3) is 4.63. The Kier molecular flexibility index (Phi) is 4.64. The van der Waals surface area contributed by atoms with Gasteiger partial charge in [-0.1, -0.05) is 38.1 Å². The van der Waals surface area contributed by atoms with Crippen molar-refractivity contribution in [3.63, 3.8) is 0 Å². The van der Waals surface area contributed by atoms with Crippen molar-refractivity contribution >= 4 is 0 Å². The Morgan fingerprint density at radius 2 is 1.89 bits per heavy atom. The smallest absolute Gasteiger partial charge is 0.0208 e. The van der Waals surface area contributed by atoms with Gasteiger partial charge in [-0.05, 0) is 49.4 Å². The Balaban J connectivity index is 1.85. The summed E-state index contributed by atoms with van der Waals surface area (Å²) in [6.07, 6.45) is 2.76. The van der Waals surface area contributed by atoms with Gasteiger partial charge in [0, 0.05) is 19.6 Å². The van der Waals surface area contributed by atoms with Crippen LogP contribution in [0.1, 0.15) is 43.7 Å². The molecule has 1 aliphatic carbocycles. The van der Waals surface area contributed by atoms with Crippen LogP contribution in [-0.4, -0.2) is 32.1 Å². The van der Waals surface area contributed by atoms with E-state index in [1.54, 1.807) is 5.56 Å². The normalized spacial score (nSPS) is 16.1. The van der Waals surface area contributed by atoms with E-state index in [9.17, 15) is 0 Å². The van der Waals surface area contributed by atoms with Gasteiger partial charge in [0.25, 0.3) is 0 Å². The molecule has 2 heteroatoms. The fourth-order valence-electron chi connectivity index (χ4n) is 2.94. The highest BCUT2D eigenvalue weighted by Crippen LogP contribution is 2.41. The van der Waals surface area contributed by atoms with Gasteiger partial charge in [-0.25, -0.2) is 0 Å². The predicted molar refractivity (Wildman–Crippen MR) is 82.5 cm³/mol. The van der Waals surface area contributed by atoms with E-state index in [1.807, 2.05) is 0 Å². The first-order chi connectivity index (χ1) is 8.98. The third-order valence-corrected chi connectivity index (χ3v) is 3.74. The van der Waals surface area contributed by atoms with Gasteiger partial charge in [-0.15, -0.1) is 0 Å². The van der Waals surface area contributed by atoms with Gasteiger partial charge in [-0.2, -0.15) is 0 Å². The minimum absolute atomic E-state index is 0.317. The van der Waals surface area contributed by atoms with Crippen molar-refractivity contribution in [2.45, 2.75) is 39.2 Å². The van der Waals surface area contributed by atoms with E-state index in [2.05, 4.69) is 62.4 Å². The molecule has 106 valence electrons. The number of nitrogens with one attached hydrogen (secondary N) is 1. The molecule has 0 heterocycles. The molecule has 1 aromatic rings. The van der Waals surface area contributed by atoms with Crippen molar-refractivity contribution in [2.24, 2.45) is 5.41 Å². The van der Waals surface area contributed by atoms with Crippen molar-refractivity contribution in [2.75, 3.05) is 27.2 Å². The first-order valence-corrected chi connectivity index (χ1v) is 7.41. The molecule has 19 heavy (non-hydrogen) atoms. The maximum Gasteiger partial charge on any atom is 0.0208 e. The van der Waals surface area contributed by atoms with E-state index >= 15 is 0 Å². The SMILES string of the molecule is CN(C)CC(C)(C)CNCc1ccccc1C1CC1. The van der Waals surface area contributed by atoms with E-state index in [4.69, 9.17) is 0 Å². The molecular weight excluding hydrogens is 232 g/mol. The van der Waals surface area contributed by atoms with E-state index in [1.165, 1.54) is 18.4 Å². The lowest BCUT2D eigenvalue weighted by Crippen LogP contribution is -2.37. The molecule has 0 aromatic heterocycles. The average Bonchev–Trinajstić information content (AvgIpc) is 3.11. The zero-order chi connectivity index (χ0) is 13.9. The molecule has 1 N–H and O–H groups in total. The zero-order valence-corrected chi connectivity index (χ0v) is 12.9. The molecule has 0 saturated heterocycles. The van der Waals surface area contributed by atoms with Gasteiger partial charge >= 0.3 is 0 Å². The number of nitrogens with zero attached hydrogens (tertiary/aromatic N) is 1. The average molecular weight is 260 g/mol. The largest absolute Gasteiger partial charge is 0.312 e. The number of hydrogen-bond donors (Lipinski definition) is 1. The van der Waals surface area contributed by atoms with Crippen LogP contribution in [0, 0.1) is 5.41 Å². The number of hydrogen-bond acceptors (Lipinski definition) is 2. The third-order valence-electron chi connectivity index (χ3n) is 3.74. The molecule has 0 radical (unpaired) electrons. The molecule has 0 amide bonds. The molecule has 0 atom stereocenters. The van der Waals surface area contributed by atoms with Crippen LogP contribution in [0.15, 0.2) is 24.3 Å². The molecule has 0 spiro atoms. The van der Waals surface area contributed by atoms with E-state index in [-0.39, 0.29) is 0 Å². The summed E-state index contributed by atoms with van der Waals surface area (Å²) in [5, 5.41) is 3.64. The number of benzene rings is 1. The van der Waals surface area contributed by atoms with Crippen LogP contribution in [-0.2, 0) is 6.54 Å². The van der Waals surface area contributed by atoms with Crippen molar-refractivity contribution < 1.29 is 0 Å². The van der Waals surface area contributed by atoms with Gasteiger partial charge in [-0.3, -0.25) is 0 Å². The molecular formula is C17H28N2. The highest BCUT2D eigenvalue weighted by molar-refractivity contribution is 5.33. The van der Waals surface area contributed by atoms with Gasteiger partial charge in [0.1, 0.15) is 0 Å². The Morgan fingerprint density at radius 1 is 1.21 bits per heavy atom. The lowest BCUT2D eigenvalue weighted by atomic mass is 9.92. The summed E-state index contributed by atoms with van der Waals surface area (Å²) in [6, 6.07) is 8.92. The van der Waals surface area contributed by atoms with Gasteiger partial charge in [0.15, 0.2) is 0 Å². The quantitative estimate of drug-likeness (QED) is 0.809. The van der Waals surface area contributed by atoms with Crippen LogP contribution in [0.5, 0.6) is 0 Å². The zero-order valence-electron chi connectivity index (χ0n) is 12.9. The maximum absolute atomic E-state index is 3.64. The van der Waals surface area contributed by atoms with E-state index in [0.29, 0.717) is 5.41 Å². The molecule has 2 nitrogen and oxygen atoms in total. The second-order valence-corrected chi connectivity index (χ2v) is 6.98. The summed E-state index contributed by atoms with van der Waals surface area (Å²) in [7, 11) is 4.29. The molecule has 2 rings (SSSR count). The molecule has 0 aliphatic heterocycles. The molecule has 1 saturated carbocycles. The first-order valence-electron chi connectivity index (χ1n) is 7.41. The standard InChI is InChI=1S/C17H28N2/c1-17(2,13-19(3)4)12-18-11-15-7-5-6-8-16(15)14-9-10-14/h5-8,14,18H,9-13H2,1-4H3. The number of rotatable bonds is 7. The predicted octanol–water partition coefficient (Wildman–Crippen LogP) is 3.24. The van der Waals surface area contributed by atoms with Crippen molar-refractivity contribution in [1.29, 1.82) is 0 Å². The highest BCUT2D eigenvalue weighted by atomic mass is 15.1. The summed E-state index contributed by atoms with van der Waals surface area (Å²) in [5.41, 5.74) is 3.38. The van der Waals surface area contributed by atoms with Crippen molar-refractivity contribution in [1.82, 2.24) is 10.2 Å². The van der Waals surface area contributed by atoms with Crippen LogP contribution < -0.4 is 5.32 Å². The lowest BCUT2D eigenvalue weighted by Gasteiger charge is -2.28.